The van der Waals surface area contributed by atoms with E-state index in [1.54, 1.807) is 0 Å². The van der Waals surface area contributed by atoms with E-state index in [-0.39, 0.29) is 5.91 Å². The predicted octanol–water partition coefficient (Wildman–Crippen LogP) is 17.1. The van der Waals surface area contributed by atoms with Crippen molar-refractivity contribution in [3.8, 4) is 0 Å². The maximum absolute atomic E-state index is 11.3. The lowest BCUT2D eigenvalue weighted by Gasteiger charge is -2.21. The fourth-order valence-electron chi connectivity index (χ4n) is 7.12. The van der Waals surface area contributed by atoms with E-state index in [2.05, 4.69) is 36.7 Å². The van der Waals surface area contributed by atoms with E-state index in [0.717, 1.165) is 12.8 Å². The number of urea groups is 1. The summed E-state index contributed by atoms with van der Waals surface area (Å²) in [6.45, 7) is 10.6. The van der Waals surface area contributed by atoms with E-state index >= 15 is 0 Å². The number of halogens is 1. The van der Waals surface area contributed by atoms with Crippen LogP contribution >= 0.6 is 15.9 Å². The van der Waals surface area contributed by atoms with Gasteiger partial charge in [-0.1, -0.05) is 282 Å². The highest BCUT2D eigenvalue weighted by molar-refractivity contribution is 9.10. The number of amides is 3. The van der Waals surface area contributed by atoms with Crippen LogP contribution in [0.15, 0.2) is 0 Å². The third-order valence-electron chi connectivity index (χ3n) is 11.2. The van der Waals surface area contributed by atoms with Gasteiger partial charge >= 0.3 is 12.0 Å². The summed E-state index contributed by atoms with van der Waals surface area (Å²) in [5.41, 5.74) is 4.81. The molecule has 0 heterocycles. The number of hydrogen-bond acceptors (Lipinski definition) is 3. The summed E-state index contributed by atoms with van der Waals surface area (Å²) < 4.78 is -0.665. The third kappa shape index (κ3) is 50.9. The molecule has 0 spiro atoms. The molecule has 0 bridgehead atoms. The molecule has 6 nitrogen and oxygen atoms in total. The zero-order valence-electron chi connectivity index (χ0n) is 38.4. The zero-order valence-corrected chi connectivity index (χ0v) is 40.0. The van der Waals surface area contributed by atoms with Crippen molar-refractivity contribution >= 4 is 33.8 Å². The van der Waals surface area contributed by atoms with E-state index in [1.807, 2.05) is 19.2 Å². The molecular weight excluding hydrogens is 760 g/mol. The molecule has 0 rings (SSSR count). The molecule has 0 aliphatic heterocycles. The first kappa shape index (κ1) is 59.2. The summed E-state index contributed by atoms with van der Waals surface area (Å²) in [5, 5.41) is 10.6. The van der Waals surface area contributed by atoms with Crippen LogP contribution in [0.2, 0.25) is 0 Å². The first-order chi connectivity index (χ1) is 27.1. The van der Waals surface area contributed by atoms with Gasteiger partial charge < -0.3 is 10.8 Å². The van der Waals surface area contributed by atoms with Gasteiger partial charge in [0.15, 0.2) is 0 Å². The second kappa shape index (κ2) is 50.0. The minimum Gasteiger partial charge on any atom is -0.481 e. The average molecular weight is 860 g/mol. The third-order valence-corrected chi connectivity index (χ3v) is 12.7. The van der Waals surface area contributed by atoms with Crippen LogP contribution in [0.5, 0.6) is 0 Å². The Labute approximate surface area is 358 Å². The van der Waals surface area contributed by atoms with Crippen molar-refractivity contribution in [3.63, 3.8) is 0 Å². The molecule has 0 aromatic carbocycles. The van der Waals surface area contributed by atoms with Crippen LogP contribution < -0.4 is 11.1 Å². The molecule has 0 aliphatic carbocycles. The normalized spacial score (nSPS) is 11.0. The van der Waals surface area contributed by atoms with Crippen molar-refractivity contribution < 1.29 is 19.5 Å². The minimum atomic E-state index is -0.814. The van der Waals surface area contributed by atoms with Gasteiger partial charge in [-0.15, -0.1) is 0 Å². The quantitative estimate of drug-likeness (QED) is 0.0421. The first-order valence-corrected chi connectivity index (χ1v) is 25.5. The minimum absolute atomic E-state index is 0.346. The maximum atomic E-state index is 11.3. The number of rotatable bonds is 40. The molecule has 3 amide bonds. The largest absolute Gasteiger partial charge is 0.481 e. The summed E-state index contributed by atoms with van der Waals surface area (Å²) in [5.74, 6) is -1.03. The van der Waals surface area contributed by atoms with Crippen LogP contribution in [0.3, 0.4) is 0 Å². The van der Waals surface area contributed by atoms with Gasteiger partial charge in [-0.2, -0.15) is 0 Å². The van der Waals surface area contributed by atoms with Gasteiger partial charge in [0.1, 0.15) is 4.32 Å². The number of carboxylic acids is 1. The molecule has 0 atom stereocenters. The second-order valence-corrected chi connectivity index (χ2v) is 18.2. The van der Waals surface area contributed by atoms with E-state index < -0.39 is 16.3 Å². The molecule has 7 heteroatoms. The zero-order chi connectivity index (χ0) is 42.2. The Hall–Kier alpha value is -1.11. The highest BCUT2D eigenvalue weighted by Crippen LogP contribution is 2.26. The molecule has 0 aromatic rings. The first-order valence-electron chi connectivity index (χ1n) is 24.7. The fourth-order valence-corrected chi connectivity index (χ4v) is 7.22. The van der Waals surface area contributed by atoms with Crippen LogP contribution in [-0.4, -0.2) is 27.3 Å². The van der Waals surface area contributed by atoms with E-state index in [1.165, 1.54) is 225 Å². The number of alkyl halides is 1. The number of nitrogens with two attached hydrogens (primary N) is 1. The number of carbonyl (C=O) groups excluding carboxylic acids is 2. The molecule has 56 heavy (non-hydrogen) atoms. The highest BCUT2D eigenvalue weighted by atomic mass is 79.9. The van der Waals surface area contributed by atoms with Gasteiger partial charge in [0.05, 0.1) is 0 Å². The number of imide groups is 1. The summed E-state index contributed by atoms with van der Waals surface area (Å²) in [6, 6.07) is -0.814. The van der Waals surface area contributed by atoms with Crippen molar-refractivity contribution in [3.05, 3.63) is 0 Å². The smallest absolute Gasteiger partial charge is 0.318 e. The molecule has 336 valence electrons. The predicted molar refractivity (Wildman–Crippen MR) is 250 cm³/mol. The molecule has 0 fully saturated rings. The van der Waals surface area contributed by atoms with E-state index in [9.17, 15) is 14.4 Å². The second-order valence-electron chi connectivity index (χ2n) is 16.7. The molecule has 0 saturated heterocycles. The number of carbonyl (C=O) groups is 3. The van der Waals surface area contributed by atoms with Crippen molar-refractivity contribution in [2.24, 2.45) is 5.73 Å². The average Bonchev–Trinajstić information content (AvgIpc) is 3.18. The van der Waals surface area contributed by atoms with E-state index in [0.29, 0.717) is 19.3 Å². The van der Waals surface area contributed by atoms with Crippen LogP contribution in [-0.2, 0) is 9.59 Å². The van der Waals surface area contributed by atoms with Crippen LogP contribution in [0.4, 0.5) is 4.79 Å². The Bertz CT molecular complexity index is 787. The molecule has 0 aliphatic rings. The van der Waals surface area contributed by atoms with Crippen molar-refractivity contribution in [2.75, 3.05) is 0 Å². The SMILES string of the molecule is CCC(Br)(CC)C(=O)NC(N)=O.CCCCCCCCCCCCCCCCCCCC.CCCCCCCCCCCCCCCCCCCCCC(=O)O. The van der Waals surface area contributed by atoms with Crippen molar-refractivity contribution in [1.82, 2.24) is 5.32 Å². The Kier molecular flexibility index (Phi) is 52.9. The number of primary amides is 1. The van der Waals surface area contributed by atoms with Gasteiger partial charge in [-0.25, -0.2) is 4.79 Å². The Morgan fingerprint density at radius 3 is 0.768 bits per heavy atom. The topological polar surface area (TPSA) is 109 Å². The van der Waals surface area contributed by atoms with Gasteiger partial charge in [0.25, 0.3) is 0 Å². The number of aliphatic carboxylic acids is 1. The van der Waals surface area contributed by atoms with Gasteiger partial charge in [0, 0.05) is 6.42 Å². The standard InChI is InChI=1S/C22H44O2.C20H42.C7H13BrN2O2/c1-2-3-4-5-6-7-8-9-10-11-12-13-14-15-16-17-18-19-20-21-22(23)24;1-3-5-7-9-11-13-15-17-19-20-18-16-14-12-10-8-6-4-2;1-3-7(8,4-2)5(11)10-6(9)12/h2-21H2,1H3,(H,23,24);3-20H2,1-2H3;3-4H2,1-2H3,(H3,9,10,11,12). The molecule has 0 aromatic heterocycles. The Morgan fingerprint density at radius 1 is 0.411 bits per heavy atom. The molecule has 0 radical (unpaired) electrons. The number of carboxylic acid groups (broad SMARTS) is 1. The number of unbranched alkanes of at least 4 members (excludes halogenated alkanes) is 35. The summed E-state index contributed by atoms with van der Waals surface area (Å²) >= 11 is 3.26. The molecule has 0 unspecified atom stereocenters. The highest BCUT2D eigenvalue weighted by Gasteiger charge is 2.32. The lowest BCUT2D eigenvalue weighted by atomic mass is 10.0. The van der Waals surface area contributed by atoms with Crippen molar-refractivity contribution in [2.45, 2.75) is 296 Å². The van der Waals surface area contributed by atoms with Crippen LogP contribution in [0.1, 0.15) is 291 Å². The molecule has 0 saturated carbocycles. The number of nitrogens with one attached hydrogen (secondary N) is 1. The number of hydrogen-bond donors (Lipinski definition) is 3. The molecular formula is C49H99BrN2O4. The molecule has 4 N–H and O–H groups in total. The van der Waals surface area contributed by atoms with Gasteiger partial charge in [-0.3, -0.25) is 14.9 Å². The van der Waals surface area contributed by atoms with Gasteiger partial charge in [0.2, 0.25) is 5.91 Å². The summed E-state index contributed by atoms with van der Waals surface area (Å²) in [7, 11) is 0. The summed E-state index contributed by atoms with van der Waals surface area (Å²) in [4.78, 5) is 32.0. The Morgan fingerprint density at radius 2 is 0.607 bits per heavy atom. The van der Waals surface area contributed by atoms with E-state index in [4.69, 9.17) is 10.8 Å². The van der Waals surface area contributed by atoms with Crippen molar-refractivity contribution in [1.29, 1.82) is 0 Å². The lowest BCUT2D eigenvalue weighted by Crippen LogP contribution is -2.46. The summed E-state index contributed by atoms with van der Waals surface area (Å²) in [6.07, 6.45) is 53.7. The van der Waals surface area contributed by atoms with Crippen LogP contribution in [0, 0.1) is 0 Å². The monoisotopic (exact) mass is 859 g/mol. The lowest BCUT2D eigenvalue weighted by molar-refractivity contribution is -0.137. The fraction of sp³-hybridized carbons (Fsp3) is 0.939. The van der Waals surface area contributed by atoms with Crippen LogP contribution in [0.25, 0.3) is 0 Å². The van der Waals surface area contributed by atoms with Gasteiger partial charge in [-0.05, 0) is 19.3 Å². The Balaban J connectivity index is -0.000000793. The maximum Gasteiger partial charge on any atom is 0.318 e.